The van der Waals surface area contributed by atoms with Crippen LogP contribution in [0.25, 0.3) is 0 Å². The Kier molecular flexibility index (Phi) is 4.27. The monoisotopic (exact) mass is 368 g/mol. The van der Waals surface area contributed by atoms with Crippen molar-refractivity contribution in [3.05, 3.63) is 52.3 Å². The number of hydrogen-bond donors (Lipinski definition) is 0. The van der Waals surface area contributed by atoms with Crippen molar-refractivity contribution in [2.75, 3.05) is 6.79 Å². The molecule has 1 aromatic carbocycles. The van der Waals surface area contributed by atoms with Crippen LogP contribution >= 0.6 is 11.6 Å². The fraction of sp³-hybridized carbons (Fsp3) is 0.188. The van der Waals surface area contributed by atoms with Crippen LogP contribution in [0.15, 0.2) is 30.5 Å². The summed E-state index contributed by atoms with van der Waals surface area (Å²) in [6, 6.07) is 6.20. The Hall–Kier alpha value is -2.79. The number of fused-ring (bicyclic) bond motifs is 1. The molecule has 0 saturated carbocycles. The molecule has 2 heterocycles. The maximum atomic E-state index is 12.6. The Balaban J connectivity index is 1.92. The molecule has 0 spiro atoms. The third kappa shape index (κ3) is 3.23. The molecule has 9 heteroatoms. The van der Waals surface area contributed by atoms with Crippen LogP contribution in [0.2, 0.25) is 5.02 Å². The first-order valence-electron chi connectivity index (χ1n) is 6.87. The van der Waals surface area contributed by atoms with E-state index in [1.54, 1.807) is 6.07 Å². The number of Topliss-reactive ketones (excluding diaryl/α,β-unsaturated/α-hetero) is 1. The van der Waals surface area contributed by atoms with E-state index >= 15 is 0 Å². The van der Waals surface area contributed by atoms with Gasteiger partial charge in [0.15, 0.2) is 23.2 Å². The van der Waals surface area contributed by atoms with Crippen LogP contribution in [0, 0.1) is 11.3 Å². The third-order valence-corrected chi connectivity index (χ3v) is 3.79. The van der Waals surface area contributed by atoms with Gasteiger partial charge in [0.25, 0.3) is 0 Å². The van der Waals surface area contributed by atoms with Crippen LogP contribution in [0.1, 0.15) is 27.5 Å². The van der Waals surface area contributed by atoms with Crippen molar-refractivity contribution in [3.8, 4) is 17.6 Å². The summed E-state index contributed by atoms with van der Waals surface area (Å²) in [7, 11) is 0. The lowest BCUT2D eigenvalue weighted by Crippen LogP contribution is -2.14. The van der Waals surface area contributed by atoms with Gasteiger partial charge >= 0.3 is 6.18 Å². The van der Waals surface area contributed by atoms with Crippen molar-refractivity contribution < 1.29 is 27.4 Å². The average Bonchev–Trinajstić information content (AvgIpc) is 3.04. The predicted octanol–water partition coefficient (Wildman–Crippen LogP) is 3.97. The van der Waals surface area contributed by atoms with Crippen molar-refractivity contribution >= 4 is 17.4 Å². The zero-order chi connectivity index (χ0) is 18.2. The lowest BCUT2D eigenvalue weighted by atomic mass is 9.95. The molecule has 0 bridgehead atoms. The fourth-order valence-corrected chi connectivity index (χ4v) is 2.54. The molecule has 1 aliphatic heterocycles. The van der Waals surface area contributed by atoms with Gasteiger partial charge in [0.2, 0.25) is 6.79 Å². The molecule has 0 amide bonds. The summed E-state index contributed by atoms with van der Waals surface area (Å²) >= 11 is 6.00. The van der Waals surface area contributed by atoms with Gasteiger partial charge in [-0.05, 0) is 24.3 Å². The van der Waals surface area contributed by atoms with Gasteiger partial charge in [-0.15, -0.1) is 0 Å². The first-order chi connectivity index (χ1) is 11.8. The minimum absolute atomic E-state index is 0.0468. The van der Waals surface area contributed by atoms with Gasteiger partial charge < -0.3 is 9.47 Å². The molecule has 3 rings (SSSR count). The Bertz CT molecular complexity index is 876. The number of carbonyl (C=O) groups is 1. The van der Waals surface area contributed by atoms with Gasteiger partial charge in [-0.3, -0.25) is 9.78 Å². The van der Waals surface area contributed by atoms with Gasteiger partial charge in [-0.25, -0.2) is 0 Å². The highest BCUT2D eigenvalue weighted by atomic mass is 35.5. The number of rotatable bonds is 3. The molecule has 1 atom stereocenters. The van der Waals surface area contributed by atoms with Crippen LogP contribution < -0.4 is 9.47 Å². The summed E-state index contributed by atoms with van der Waals surface area (Å²) in [5, 5.41) is 9.42. The zero-order valence-electron chi connectivity index (χ0n) is 12.3. The molecular weight excluding hydrogens is 361 g/mol. The highest BCUT2D eigenvalue weighted by Crippen LogP contribution is 2.40. The Morgan fingerprint density at radius 2 is 2.08 bits per heavy atom. The molecule has 1 unspecified atom stereocenters. The molecule has 128 valence electrons. The summed E-state index contributed by atoms with van der Waals surface area (Å²) in [6.07, 6.45) is -3.97. The highest BCUT2D eigenvalue weighted by Gasteiger charge is 2.32. The molecule has 0 aliphatic carbocycles. The topological polar surface area (TPSA) is 72.2 Å². The van der Waals surface area contributed by atoms with E-state index in [1.165, 1.54) is 12.1 Å². The second-order valence-electron chi connectivity index (χ2n) is 5.09. The van der Waals surface area contributed by atoms with E-state index in [1.807, 2.05) is 0 Å². The maximum Gasteiger partial charge on any atom is 0.417 e. The number of benzene rings is 1. The van der Waals surface area contributed by atoms with Gasteiger partial charge in [-0.1, -0.05) is 11.6 Å². The van der Waals surface area contributed by atoms with Crippen LogP contribution in [0.3, 0.4) is 0 Å². The number of nitrogens with zero attached hydrogens (tertiary/aromatic N) is 2. The molecule has 2 aromatic rings. The molecule has 25 heavy (non-hydrogen) atoms. The number of pyridine rings is 1. The molecule has 1 aliphatic rings. The molecular formula is C16H8ClF3N2O3. The third-order valence-electron chi connectivity index (χ3n) is 3.51. The largest absolute Gasteiger partial charge is 0.454 e. The van der Waals surface area contributed by atoms with Gasteiger partial charge in [0.1, 0.15) is 0 Å². The Morgan fingerprint density at radius 1 is 1.32 bits per heavy atom. The van der Waals surface area contributed by atoms with E-state index in [0.29, 0.717) is 11.9 Å². The number of nitriles is 1. The van der Waals surface area contributed by atoms with Crippen LogP contribution in [0.4, 0.5) is 13.2 Å². The molecule has 0 N–H and O–H groups in total. The average molecular weight is 369 g/mol. The lowest BCUT2D eigenvalue weighted by Gasteiger charge is -2.11. The number of ether oxygens (including phenoxy) is 2. The van der Waals surface area contributed by atoms with E-state index in [2.05, 4.69) is 4.98 Å². The molecule has 0 fully saturated rings. The van der Waals surface area contributed by atoms with Gasteiger partial charge in [0, 0.05) is 11.8 Å². The minimum atomic E-state index is -4.55. The van der Waals surface area contributed by atoms with Crippen molar-refractivity contribution in [3.63, 3.8) is 0 Å². The fourth-order valence-electron chi connectivity index (χ4n) is 2.28. The zero-order valence-corrected chi connectivity index (χ0v) is 13.1. The SMILES string of the molecule is N#CC(C(=O)c1cc(Cl)c2c(c1)OCO2)c1ccc(C(F)(F)F)cn1. The second-order valence-corrected chi connectivity index (χ2v) is 5.49. The lowest BCUT2D eigenvalue weighted by molar-refractivity contribution is -0.137. The molecule has 5 nitrogen and oxygen atoms in total. The normalized spacial score (nSPS) is 14.0. The smallest absolute Gasteiger partial charge is 0.417 e. The minimum Gasteiger partial charge on any atom is -0.454 e. The first kappa shape index (κ1) is 17.0. The molecule has 0 saturated heterocycles. The number of aromatic nitrogens is 1. The summed E-state index contributed by atoms with van der Waals surface area (Å²) in [4.78, 5) is 16.2. The number of halogens is 4. The van der Waals surface area contributed by atoms with Crippen molar-refractivity contribution in [2.24, 2.45) is 0 Å². The van der Waals surface area contributed by atoms with E-state index in [-0.39, 0.29) is 28.8 Å². The van der Waals surface area contributed by atoms with Crippen LogP contribution in [0.5, 0.6) is 11.5 Å². The summed E-state index contributed by atoms with van der Waals surface area (Å²) in [5.74, 6) is -1.49. The van der Waals surface area contributed by atoms with Crippen molar-refractivity contribution in [2.45, 2.75) is 12.1 Å². The van der Waals surface area contributed by atoms with Gasteiger partial charge in [-0.2, -0.15) is 18.4 Å². The predicted molar refractivity (Wildman–Crippen MR) is 79.5 cm³/mol. The second kappa shape index (κ2) is 6.26. The Morgan fingerprint density at radius 3 is 2.68 bits per heavy atom. The van der Waals surface area contributed by atoms with E-state index in [9.17, 15) is 23.2 Å². The van der Waals surface area contributed by atoms with E-state index < -0.39 is 23.4 Å². The van der Waals surface area contributed by atoms with E-state index in [4.69, 9.17) is 21.1 Å². The van der Waals surface area contributed by atoms with Crippen molar-refractivity contribution in [1.29, 1.82) is 5.26 Å². The van der Waals surface area contributed by atoms with Crippen LogP contribution in [-0.2, 0) is 6.18 Å². The quantitative estimate of drug-likeness (QED) is 0.766. The number of alkyl halides is 3. The summed E-state index contributed by atoms with van der Waals surface area (Å²) in [6.45, 7) is -0.0468. The standard InChI is InChI=1S/C16H8ClF3N2O3/c17-11-3-8(4-13-15(11)25-7-24-13)14(23)10(5-21)12-2-1-9(6-22-12)16(18,19)20/h1-4,6,10H,7H2. The molecule has 1 aromatic heterocycles. The van der Waals surface area contributed by atoms with Crippen LogP contribution in [-0.4, -0.2) is 17.6 Å². The number of ketones is 1. The molecule has 0 radical (unpaired) electrons. The van der Waals surface area contributed by atoms with Gasteiger partial charge in [0.05, 0.1) is 22.3 Å². The van der Waals surface area contributed by atoms with E-state index in [0.717, 1.165) is 12.1 Å². The summed E-state index contributed by atoms with van der Waals surface area (Å²) in [5.41, 5.74) is -0.983. The summed E-state index contributed by atoms with van der Waals surface area (Å²) < 4.78 is 48.0. The Labute approximate surface area is 144 Å². The van der Waals surface area contributed by atoms with Crippen molar-refractivity contribution in [1.82, 2.24) is 4.98 Å². The number of carbonyl (C=O) groups excluding carboxylic acids is 1. The maximum absolute atomic E-state index is 12.6. The number of hydrogen-bond acceptors (Lipinski definition) is 5. The first-order valence-corrected chi connectivity index (χ1v) is 7.25. The highest BCUT2D eigenvalue weighted by molar-refractivity contribution is 6.32.